The number of halogens is 1. The second-order valence-electron chi connectivity index (χ2n) is 4.75. The van der Waals surface area contributed by atoms with Gasteiger partial charge in [0.15, 0.2) is 5.76 Å². The van der Waals surface area contributed by atoms with Crippen LogP contribution >= 0.6 is 22.9 Å². The van der Waals surface area contributed by atoms with Crippen molar-refractivity contribution in [1.29, 1.82) is 0 Å². The normalized spacial score (nSPS) is 10.7. The molecular formula is C17H14ClNO3S. The maximum atomic E-state index is 11.8. The number of carbonyl (C=O) groups excluding carboxylic acids is 1. The molecular weight excluding hydrogens is 334 g/mol. The first-order chi connectivity index (χ1) is 11.2. The van der Waals surface area contributed by atoms with Crippen LogP contribution in [0.3, 0.4) is 0 Å². The first-order valence-corrected chi connectivity index (χ1v) is 8.33. The molecule has 3 rings (SSSR count). The number of oxazole rings is 1. The molecule has 118 valence electrons. The molecule has 0 amide bonds. The van der Waals surface area contributed by atoms with Gasteiger partial charge in [-0.1, -0.05) is 29.8 Å². The molecule has 4 nitrogen and oxygen atoms in total. The van der Waals surface area contributed by atoms with E-state index in [1.54, 1.807) is 13.0 Å². The maximum Gasteiger partial charge on any atom is 0.312 e. The van der Waals surface area contributed by atoms with Gasteiger partial charge in [-0.15, -0.1) is 11.3 Å². The molecule has 2 heterocycles. The number of benzene rings is 1. The third-order valence-corrected chi connectivity index (χ3v) is 4.36. The molecule has 0 radical (unpaired) electrons. The zero-order valence-electron chi connectivity index (χ0n) is 12.4. The summed E-state index contributed by atoms with van der Waals surface area (Å²) in [5, 5.41) is 0. The lowest BCUT2D eigenvalue weighted by atomic mass is 10.2. The zero-order chi connectivity index (χ0) is 16.2. The van der Waals surface area contributed by atoms with Crippen LogP contribution in [0, 0.1) is 0 Å². The van der Waals surface area contributed by atoms with E-state index in [-0.39, 0.29) is 12.4 Å². The summed E-state index contributed by atoms with van der Waals surface area (Å²) in [4.78, 5) is 17.1. The number of nitrogens with zero attached hydrogens (tertiary/aromatic N) is 1. The van der Waals surface area contributed by atoms with E-state index in [9.17, 15) is 4.79 Å². The fraction of sp³-hybridized carbons (Fsp3) is 0.176. The minimum Gasteiger partial charge on any atom is -0.466 e. The first kappa shape index (κ1) is 15.8. The van der Waals surface area contributed by atoms with Crippen molar-refractivity contribution in [3.8, 4) is 22.1 Å². The van der Waals surface area contributed by atoms with Crippen LogP contribution in [0.15, 0.2) is 46.9 Å². The van der Waals surface area contributed by atoms with E-state index in [0.29, 0.717) is 28.3 Å². The molecule has 0 saturated carbocycles. The predicted octanol–water partition coefficient (Wildman–Crippen LogP) is 4.83. The van der Waals surface area contributed by atoms with Crippen LogP contribution in [-0.4, -0.2) is 17.6 Å². The van der Waals surface area contributed by atoms with Crippen LogP contribution in [0.2, 0.25) is 4.34 Å². The molecule has 0 aliphatic heterocycles. The lowest BCUT2D eigenvalue weighted by Crippen LogP contribution is -2.08. The molecule has 1 aromatic carbocycles. The smallest absolute Gasteiger partial charge is 0.312 e. The topological polar surface area (TPSA) is 52.3 Å². The maximum absolute atomic E-state index is 11.8. The van der Waals surface area contributed by atoms with Crippen LogP contribution in [0.1, 0.15) is 12.6 Å². The van der Waals surface area contributed by atoms with E-state index < -0.39 is 0 Å². The number of hydrogen-bond acceptors (Lipinski definition) is 5. The molecule has 0 bridgehead atoms. The van der Waals surface area contributed by atoms with Crippen molar-refractivity contribution in [2.75, 3.05) is 6.61 Å². The van der Waals surface area contributed by atoms with Gasteiger partial charge in [0.1, 0.15) is 0 Å². The Morgan fingerprint density at radius 2 is 2.04 bits per heavy atom. The van der Waals surface area contributed by atoms with Crippen LogP contribution < -0.4 is 0 Å². The second-order valence-corrected chi connectivity index (χ2v) is 6.46. The molecule has 23 heavy (non-hydrogen) atoms. The van der Waals surface area contributed by atoms with Crippen LogP contribution in [0.5, 0.6) is 0 Å². The highest BCUT2D eigenvalue weighted by Gasteiger charge is 2.20. The van der Waals surface area contributed by atoms with Crippen molar-refractivity contribution in [1.82, 2.24) is 4.98 Å². The van der Waals surface area contributed by atoms with Gasteiger partial charge in [0.25, 0.3) is 0 Å². The standard InChI is InChI=1S/C17H14ClNO3S/c1-2-21-15(20)10-12-16(13-8-9-14(18)23-13)22-17(19-12)11-6-4-3-5-7-11/h3-9H,2,10H2,1H3. The highest BCUT2D eigenvalue weighted by atomic mass is 35.5. The number of thiophene rings is 1. The zero-order valence-corrected chi connectivity index (χ0v) is 14.0. The molecule has 3 aromatic rings. The Bertz CT molecular complexity index is 810. The summed E-state index contributed by atoms with van der Waals surface area (Å²) in [5.41, 5.74) is 1.41. The monoisotopic (exact) mass is 347 g/mol. The highest BCUT2D eigenvalue weighted by Crippen LogP contribution is 2.36. The fourth-order valence-corrected chi connectivity index (χ4v) is 3.20. The third kappa shape index (κ3) is 3.63. The van der Waals surface area contributed by atoms with Crippen molar-refractivity contribution in [2.24, 2.45) is 0 Å². The molecule has 0 aliphatic rings. The van der Waals surface area contributed by atoms with Gasteiger partial charge >= 0.3 is 5.97 Å². The van der Waals surface area contributed by atoms with Gasteiger partial charge in [-0.25, -0.2) is 4.98 Å². The van der Waals surface area contributed by atoms with E-state index in [1.807, 2.05) is 36.4 Å². The van der Waals surface area contributed by atoms with Crippen molar-refractivity contribution >= 4 is 28.9 Å². The van der Waals surface area contributed by atoms with Crippen molar-refractivity contribution < 1.29 is 13.9 Å². The summed E-state index contributed by atoms with van der Waals surface area (Å²) in [7, 11) is 0. The number of aromatic nitrogens is 1. The van der Waals surface area contributed by atoms with Crippen molar-refractivity contribution in [3.05, 3.63) is 52.5 Å². The molecule has 0 atom stereocenters. The number of ether oxygens (including phenoxy) is 1. The quantitative estimate of drug-likeness (QED) is 0.620. The van der Waals surface area contributed by atoms with Crippen molar-refractivity contribution in [2.45, 2.75) is 13.3 Å². The SMILES string of the molecule is CCOC(=O)Cc1nc(-c2ccccc2)oc1-c1ccc(Cl)s1. The van der Waals surface area contributed by atoms with E-state index >= 15 is 0 Å². The first-order valence-electron chi connectivity index (χ1n) is 7.14. The molecule has 0 fully saturated rings. The summed E-state index contributed by atoms with van der Waals surface area (Å²) in [6, 6.07) is 13.2. The van der Waals surface area contributed by atoms with Gasteiger partial charge in [0.2, 0.25) is 5.89 Å². The molecule has 0 N–H and O–H groups in total. The molecule has 0 spiro atoms. The van der Waals surface area contributed by atoms with Gasteiger partial charge < -0.3 is 9.15 Å². The average Bonchev–Trinajstić information content (AvgIpc) is 3.15. The highest BCUT2D eigenvalue weighted by molar-refractivity contribution is 7.19. The molecule has 6 heteroatoms. The summed E-state index contributed by atoms with van der Waals surface area (Å²) >= 11 is 7.39. The average molecular weight is 348 g/mol. The van der Waals surface area contributed by atoms with Crippen LogP contribution in [0.4, 0.5) is 0 Å². The minimum absolute atomic E-state index is 0.0645. The summed E-state index contributed by atoms with van der Waals surface area (Å²) in [6.45, 7) is 2.11. The van der Waals surface area contributed by atoms with Gasteiger partial charge in [-0.05, 0) is 31.2 Å². The minimum atomic E-state index is -0.329. The Morgan fingerprint density at radius 3 is 2.70 bits per heavy atom. The lowest BCUT2D eigenvalue weighted by Gasteiger charge is -2.00. The Labute approximate surface area is 142 Å². The Balaban J connectivity index is 2.01. The fourth-order valence-electron chi connectivity index (χ4n) is 2.15. The molecule has 0 aliphatic carbocycles. The Hall–Kier alpha value is -2.11. The second kappa shape index (κ2) is 6.98. The Morgan fingerprint density at radius 1 is 1.26 bits per heavy atom. The number of rotatable bonds is 5. The summed E-state index contributed by atoms with van der Waals surface area (Å²) < 4.78 is 11.6. The number of hydrogen-bond donors (Lipinski definition) is 0. The van der Waals surface area contributed by atoms with E-state index in [2.05, 4.69) is 4.98 Å². The summed E-state index contributed by atoms with van der Waals surface area (Å²) in [5.74, 6) is 0.711. The van der Waals surface area contributed by atoms with E-state index in [1.165, 1.54) is 11.3 Å². The lowest BCUT2D eigenvalue weighted by molar-refractivity contribution is -0.142. The third-order valence-electron chi connectivity index (χ3n) is 3.13. The summed E-state index contributed by atoms with van der Waals surface area (Å²) in [6.07, 6.45) is 0.0645. The van der Waals surface area contributed by atoms with Gasteiger partial charge in [-0.3, -0.25) is 4.79 Å². The van der Waals surface area contributed by atoms with Gasteiger partial charge in [0, 0.05) is 5.56 Å². The van der Waals surface area contributed by atoms with Gasteiger partial charge in [-0.2, -0.15) is 0 Å². The number of esters is 1. The largest absolute Gasteiger partial charge is 0.466 e. The van der Waals surface area contributed by atoms with E-state index in [0.717, 1.165) is 10.4 Å². The predicted molar refractivity (Wildman–Crippen MR) is 90.6 cm³/mol. The van der Waals surface area contributed by atoms with Crippen LogP contribution in [-0.2, 0) is 16.0 Å². The molecule has 2 aromatic heterocycles. The van der Waals surface area contributed by atoms with E-state index in [4.69, 9.17) is 20.8 Å². The molecule has 0 saturated heterocycles. The van der Waals surface area contributed by atoms with Gasteiger partial charge in [0.05, 0.1) is 27.9 Å². The molecule has 0 unspecified atom stereocenters. The van der Waals surface area contributed by atoms with Crippen molar-refractivity contribution in [3.63, 3.8) is 0 Å². The number of carbonyl (C=O) groups is 1. The van der Waals surface area contributed by atoms with Crippen LogP contribution in [0.25, 0.3) is 22.1 Å². The Kier molecular flexibility index (Phi) is 4.79.